The number of carbonyl (C=O) groups excluding carboxylic acids is 1. The van der Waals surface area contributed by atoms with E-state index in [9.17, 15) is 18.0 Å². The zero-order valence-corrected chi connectivity index (χ0v) is 10.8. The maximum Gasteiger partial charge on any atom is 0.433 e. The second-order valence-corrected chi connectivity index (χ2v) is 5.22. The minimum absolute atomic E-state index is 0.175. The van der Waals surface area contributed by atoms with Crippen molar-refractivity contribution in [2.45, 2.75) is 43.8 Å². The van der Waals surface area contributed by atoms with Crippen LogP contribution < -0.4 is 11.1 Å². The van der Waals surface area contributed by atoms with E-state index in [-0.39, 0.29) is 18.0 Å². The fraction of sp³-hybridized carbons (Fsp3) is 0.538. The first-order chi connectivity index (χ1) is 9.28. The molecular formula is C13H16F3N3O. The molecule has 0 atom stereocenters. The maximum atomic E-state index is 12.3. The molecular weight excluding hydrogens is 271 g/mol. The minimum atomic E-state index is -4.48. The summed E-state index contributed by atoms with van der Waals surface area (Å²) >= 11 is 0. The molecule has 7 heteroatoms. The first-order valence-corrected chi connectivity index (χ1v) is 6.41. The number of anilines is 1. The van der Waals surface area contributed by atoms with E-state index in [4.69, 9.17) is 5.73 Å². The van der Waals surface area contributed by atoms with Crippen LogP contribution in [0.5, 0.6) is 0 Å². The normalized spacial score (nSPS) is 18.0. The predicted molar refractivity (Wildman–Crippen MR) is 67.9 cm³/mol. The van der Waals surface area contributed by atoms with Crippen molar-refractivity contribution in [3.8, 4) is 0 Å². The largest absolute Gasteiger partial charge is 0.433 e. The molecule has 0 radical (unpaired) electrons. The van der Waals surface area contributed by atoms with E-state index in [0.717, 1.165) is 37.9 Å². The molecule has 2 rings (SSSR count). The second kappa shape index (κ2) is 5.40. The lowest BCUT2D eigenvalue weighted by atomic mass is 9.94. The number of halogens is 3. The number of alkyl halides is 3. The summed E-state index contributed by atoms with van der Waals surface area (Å²) in [5.41, 5.74) is 4.84. The highest BCUT2D eigenvalue weighted by atomic mass is 19.4. The number of nitrogens with one attached hydrogen (secondary N) is 1. The van der Waals surface area contributed by atoms with Crippen LogP contribution in [0, 0.1) is 0 Å². The third kappa shape index (κ3) is 3.69. The lowest BCUT2D eigenvalue weighted by Gasteiger charge is -2.22. The number of aromatic nitrogens is 1. The quantitative estimate of drug-likeness (QED) is 0.898. The monoisotopic (exact) mass is 287 g/mol. The van der Waals surface area contributed by atoms with Gasteiger partial charge < -0.3 is 11.1 Å². The summed E-state index contributed by atoms with van der Waals surface area (Å²) in [6.07, 6.45) is 0.300. The van der Waals surface area contributed by atoms with Gasteiger partial charge in [0.1, 0.15) is 5.69 Å². The summed E-state index contributed by atoms with van der Waals surface area (Å²) in [6, 6.07) is 2.02. The number of rotatable bonds is 3. The van der Waals surface area contributed by atoms with Crippen LogP contribution in [0.25, 0.3) is 0 Å². The van der Waals surface area contributed by atoms with Crippen molar-refractivity contribution in [2.75, 3.05) is 5.32 Å². The van der Waals surface area contributed by atoms with Crippen LogP contribution in [-0.2, 0) is 11.0 Å². The van der Waals surface area contributed by atoms with Crippen molar-refractivity contribution in [3.05, 3.63) is 24.0 Å². The maximum absolute atomic E-state index is 12.3. The van der Waals surface area contributed by atoms with Crippen LogP contribution in [0.1, 0.15) is 37.8 Å². The molecule has 1 aliphatic carbocycles. The average molecular weight is 287 g/mol. The lowest BCUT2D eigenvalue weighted by molar-refractivity contribution is -0.141. The molecule has 0 saturated heterocycles. The highest BCUT2D eigenvalue weighted by molar-refractivity contribution is 5.91. The molecule has 1 aliphatic rings. The van der Waals surface area contributed by atoms with E-state index in [0.29, 0.717) is 0 Å². The second-order valence-electron chi connectivity index (χ2n) is 5.22. The molecule has 1 aromatic rings. The summed E-state index contributed by atoms with van der Waals surface area (Å²) in [5.74, 6) is -0.295. The van der Waals surface area contributed by atoms with Crippen LogP contribution in [0.2, 0.25) is 0 Å². The van der Waals surface area contributed by atoms with Crippen LogP contribution in [-0.4, -0.2) is 16.4 Å². The van der Waals surface area contributed by atoms with E-state index in [2.05, 4.69) is 10.3 Å². The molecule has 1 fully saturated rings. The number of hydrogen-bond acceptors (Lipinski definition) is 3. The van der Waals surface area contributed by atoms with Crippen LogP contribution in [0.4, 0.5) is 18.9 Å². The molecule has 110 valence electrons. The molecule has 4 nitrogen and oxygen atoms in total. The standard InChI is InChI=1S/C13H16F3N3O/c14-13(15,16)10-4-3-9(8-18-10)19-11(20)7-12(17)5-1-2-6-12/h3-4,8H,1-2,5-7,17H2,(H,19,20). The average Bonchev–Trinajstić information content (AvgIpc) is 2.74. The lowest BCUT2D eigenvalue weighted by Crippen LogP contribution is -2.40. The van der Waals surface area contributed by atoms with E-state index >= 15 is 0 Å². The summed E-state index contributed by atoms with van der Waals surface area (Å²) in [5, 5.41) is 2.52. The molecule has 20 heavy (non-hydrogen) atoms. The van der Waals surface area contributed by atoms with Gasteiger partial charge in [-0.15, -0.1) is 0 Å². The third-order valence-electron chi connectivity index (χ3n) is 3.45. The zero-order valence-electron chi connectivity index (χ0n) is 10.8. The Labute approximate surface area is 114 Å². The number of nitrogens with zero attached hydrogens (tertiary/aromatic N) is 1. The predicted octanol–water partition coefficient (Wildman–Crippen LogP) is 2.70. The van der Waals surface area contributed by atoms with Gasteiger partial charge in [0.15, 0.2) is 0 Å². The van der Waals surface area contributed by atoms with Crippen molar-refractivity contribution in [2.24, 2.45) is 5.73 Å². The number of hydrogen-bond donors (Lipinski definition) is 2. The first kappa shape index (κ1) is 14.8. The molecule has 0 spiro atoms. The molecule has 1 aromatic heterocycles. The van der Waals surface area contributed by atoms with Gasteiger partial charge in [0.2, 0.25) is 5.91 Å². The Morgan fingerprint density at radius 3 is 2.50 bits per heavy atom. The SMILES string of the molecule is NC1(CC(=O)Nc2ccc(C(F)(F)F)nc2)CCCC1. The van der Waals surface area contributed by atoms with Crippen molar-refractivity contribution in [1.29, 1.82) is 0 Å². The summed E-state index contributed by atoms with van der Waals surface area (Å²) < 4.78 is 37.0. The van der Waals surface area contributed by atoms with Gasteiger partial charge in [-0.1, -0.05) is 12.8 Å². The number of pyridine rings is 1. The van der Waals surface area contributed by atoms with E-state index in [1.165, 1.54) is 6.07 Å². The summed E-state index contributed by atoms with van der Waals surface area (Å²) in [7, 11) is 0. The first-order valence-electron chi connectivity index (χ1n) is 6.41. The van der Waals surface area contributed by atoms with Gasteiger partial charge in [0, 0.05) is 12.0 Å². The highest BCUT2D eigenvalue weighted by Gasteiger charge is 2.33. The molecule has 0 aromatic carbocycles. The van der Waals surface area contributed by atoms with Gasteiger partial charge in [0.05, 0.1) is 11.9 Å². The third-order valence-corrected chi connectivity index (χ3v) is 3.45. The number of nitrogens with two attached hydrogens (primary N) is 1. The molecule has 1 heterocycles. The molecule has 1 amide bonds. The van der Waals surface area contributed by atoms with E-state index < -0.39 is 17.4 Å². The van der Waals surface area contributed by atoms with Gasteiger partial charge >= 0.3 is 6.18 Å². The molecule has 0 bridgehead atoms. The number of amides is 1. The number of carbonyl (C=O) groups is 1. The minimum Gasteiger partial charge on any atom is -0.325 e. The van der Waals surface area contributed by atoms with Crippen molar-refractivity contribution >= 4 is 11.6 Å². The van der Waals surface area contributed by atoms with E-state index in [1.54, 1.807) is 0 Å². The van der Waals surface area contributed by atoms with Crippen molar-refractivity contribution < 1.29 is 18.0 Å². The Hall–Kier alpha value is -1.63. The smallest absolute Gasteiger partial charge is 0.325 e. The fourth-order valence-electron chi connectivity index (χ4n) is 2.42. The van der Waals surface area contributed by atoms with Gasteiger partial charge in [-0.25, -0.2) is 4.98 Å². The van der Waals surface area contributed by atoms with Gasteiger partial charge in [-0.2, -0.15) is 13.2 Å². The summed E-state index contributed by atoms with van der Waals surface area (Å²) in [6.45, 7) is 0. The molecule has 1 saturated carbocycles. The van der Waals surface area contributed by atoms with Crippen molar-refractivity contribution in [3.63, 3.8) is 0 Å². The zero-order chi connectivity index (χ0) is 14.8. The molecule has 3 N–H and O–H groups in total. The van der Waals surface area contributed by atoms with Crippen molar-refractivity contribution in [1.82, 2.24) is 4.98 Å². The topological polar surface area (TPSA) is 68.0 Å². The Bertz CT molecular complexity index is 479. The Kier molecular flexibility index (Phi) is 3.99. The van der Waals surface area contributed by atoms with Gasteiger partial charge in [0.25, 0.3) is 0 Å². The molecule has 0 aliphatic heterocycles. The van der Waals surface area contributed by atoms with E-state index in [1.807, 2.05) is 0 Å². The van der Waals surface area contributed by atoms with Gasteiger partial charge in [-0.3, -0.25) is 4.79 Å². The van der Waals surface area contributed by atoms with Crippen LogP contribution >= 0.6 is 0 Å². The van der Waals surface area contributed by atoms with Gasteiger partial charge in [-0.05, 0) is 25.0 Å². The summed E-state index contributed by atoms with van der Waals surface area (Å²) in [4.78, 5) is 15.1. The fourth-order valence-corrected chi connectivity index (χ4v) is 2.42. The molecule has 0 unspecified atom stereocenters. The Morgan fingerprint density at radius 1 is 1.35 bits per heavy atom. The Morgan fingerprint density at radius 2 is 2.00 bits per heavy atom. The van der Waals surface area contributed by atoms with Crippen LogP contribution in [0.15, 0.2) is 18.3 Å². The highest BCUT2D eigenvalue weighted by Crippen LogP contribution is 2.30. The van der Waals surface area contributed by atoms with Crippen LogP contribution in [0.3, 0.4) is 0 Å². The Balaban J connectivity index is 1.94.